The van der Waals surface area contributed by atoms with Crippen molar-refractivity contribution in [2.75, 3.05) is 19.7 Å². The SMILES string of the molecule is CC(=O)O[C@H]1C[C@]2(O)[C@@H]3CC[C@@H]4C[C@@H](OC(=O)N5CCC(O)C5)CC[C@]4(C)[C@H]3CC[C@]2(C)[C@H]1C1=CC(=O)OC1. The fourth-order valence-corrected chi connectivity index (χ4v) is 9.97. The van der Waals surface area contributed by atoms with Crippen LogP contribution in [-0.2, 0) is 23.8 Å². The van der Waals surface area contributed by atoms with Gasteiger partial charge in [0.25, 0.3) is 0 Å². The summed E-state index contributed by atoms with van der Waals surface area (Å²) < 4.78 is 17.0. The van der Waals surface area contributed by atoms with E-state index in [4.69, 9.17) is 14.2 Å². The molecule has 9 nitrogen and oxygen atoms in total. The minimum absolute atomic E-state index is 0.0352. The number of aliphatic hydroxyl groups excluding tert-OH is 1. The van der Waals surface area contributed by atoms with Crippen molar-refractivity contribution in [3.63, 3.8) is 0 Å². The van der Waals surface area contributed by atoms with Gasteiger partial charge in [0.2, 0.25) is 0 Å². The highest BCUT2D eigenvalue weighted by Gasteiger charge is 2.71. The third-order valence-corrected chi connectivity index (χ3v) is 11.9. The normalized spacial score (nSPS) is 47.0. The topological polar surface area (TPSA) is 123 Å². The molecule has 0 spiro atoms. The van der Waals surface area contributed by atoms with Crippen LogP contribution in [0.1, 0.15) is 78.6 Å². The Hall–Kier alpha value is -2.13. The summed E-state index contributed by atoms with van der Waals surface area (Å²) in [7, 11) is 0. The Balaban J connectivity index is 1.21. The van der Waals surface area contributed by atoms with E-state index in [9.17, 15) is 24.6 Å². The maximum absolute atomic E-state index is 12.7. The number of aliphatic hydroxyl groups is 2. The van der Waals surface area contributed by atoms with E-state index in [-0.39, 0.29) is 48.0 Å². The highest BCUT2D eigenvalue weighted by atomic mass is 16.6. The summed E-state index contributed by atoms with van der Waals surface area (Å²) in [5.41, 5.74) is -0.672. The Morgan fingerprint density at radius 1 is 1.08 bits per heavy atom. The summed E-state index contributed by atoms with van der Waals surface area (Å²) in [6.45, 7) is 6.99. The zero-order valence-corrected chi connectivity index (χ0v) is 23.4. The van der Waals surface area contributed by atoms with Gasteiger partial charge in [0.1, 0.15) is 18.8 Å². The molecule has 2 heterocycles. The Morgan fingerprint density at radius 2 is 1.87 bits per heavy atom. The molecule has 39 heavy (non-hydrogen) atoms. The van der Waals surface area contributed by atoms with Crippen LogP contribution in [0.25, 0.3) is 0 Å². The standard InChI is InChI=1S/C30H43NO8/c1-17(32)38-24-14-30(36)23-5-4-19-13-21(39-27(35)31-11-8-20(33)15-31)6-9-28(19,2)22(23)7-10-29(30,3)26(24)18-12-25(34)37-16-18/h12,19-24,26,33,36H,4-11,13-16H2,1-3H3/t19-,20?,21+,22+,23-,24+,26+,28+,29-,30+/m1/s1. The number of ether oxygens (including phenoxy) is 3. The van der Waals surface area contributed by atoms with E-state index in [2.05, 4.69) is 13.8 Å². The number of carbonyl (C=O) groups excluding carboxylic acids is 3. The van der Waals surface area contributed by atoms with Crippen molar-refractivity contribution >= 4 is 18.0 Å². The van der Waals surface area contributed by atoms with Crippen molar-refractivity contribution in [1.29, 1.82) is 0 Å². The van der Waals surface area contributed by atoms with Crippen LogP contribution < -0.4 is 0 Å². The summed E-state index contributed by atoms with van der Waals surface area (Å²) >= 11 is 0. The number of hydrogen-bond acceptors (Lipinski definition) is 8. The van der Waals surface area contributed by atoms with Crippen LogP contribution in [0.3, 0.4) is 0 Å². The molecule has 0 aromatic rings. The van der Waals surface area contributed by atoms with E-state index in [0.29, 0.717) is 37.8 Å². The number of esters is 2. The van der Waals surface area contributed by atoms with Gasteiger partial charge in [-0.2, -0.15) is 0 Å². The first kappa shape index (κ1) is 27.1. The first-order chi connectivity index (χ1) is 18.4. The predicted octanol–water partition coefficient (Wildman–Crippen LogP) is 3.36. The van der Waals surface area contributed by atoms with Gasteiger partial charge in [-0.05, 0) is 80.1 Å². The van der Waals surface area contributed by atoms with Gasteiger partial charge < -0.3 is 29.3 Å². The maximum Gasteiger partial charge on any atom is 0.410 e. The third kappa shape index (κ3) is 4.21. The van der Waals surface area contributed by atoms with E-state index < -0.39 is 23.2 Å². The van der Waals surface area contributed by atoms with Crippen molar-refractivity contribution < 1.29 is 38.8 Å². The lowest BCUT2D eigenvalue weighted by molar-refractivity contribution is -0.208. The molecule has 0 aromatic carbocycles. The lowest BCUT2D eigenvalue weighted by Gasteiger charge is -2.63. The zero-order valence-electron chi connectivity index (χ0n) is 23.4. The highest BCUT2D eigenvalue weighted by molar-refractivity contribution is 5.85. The summed E-state index contributed by atoms with van der Waals surface area (Å²) in [5, 5.41) is 22.4. The van der Waals surface area contributed by atoms with Crippen LogP contribution in [0.2, 0.25) is 0 Å². The molecular weight excluding hydrogens is 502 g/mol. The number of fused-ring (bicyclic) bond motifs is 5. The van der Waals surface area contributed by atoms with Gasteiger partial charge >= 0.3 is 18.0 Å². The van der Waals surface area contributed by atoms with E-state index in [0.717, 1.165) is 50.5 Å². The van der Waals surface area contributed by atoms with Crippen molar-refractivity contribution in [3.8, 4) is 0 Å². The van der Waals surface area contributed by atoms with Crippen molar-refractivity contribution in [2.24, 2.45) is 34.5 Å². The number of likely N-dealkylation sites (tertiary alicyclic amines) is 1. The average Bonchev–Trinajstić information content (AvgIpc) is 3.54. The predicted molar refractivity (Wildman–Crippen MR) is 139 cm³/mol. The molecule has 2 N–H and O–H groups in total. The summed E-state index contributed by atoms with van der Waals surface area (Å²) in [5.74, 6) is -0.178. The Morgan fingerprint density at radius 3 is 2.54 bits per heavy atom. The van der Waals surface area contributed by atoms with Crippen LogP contribution in [0.4, 0.5) is 4.79 Å². The summed E-state index contributed by atoms with van der Waals surface area (Å²) in [4.78, 5) is 38.4. The molecule has 2 aliphatic heterocycles. The van der Waals surface area contributed by atoms with Crippen LogP contribution in [0, 0.1) is 34.5 Å². The van der Waals surface area contributed by atoms with Crippen molar-refractivity contribution in [2.45, 2.75) is 102 Å². The Bertz CT molecular complexity index is 1080. The average molecular weight is 546 g/mol. The smallest absolute Gasteiger partial charge is 0.410 e. The van der Waals surface area contributed by atoms with Crippen molar-refractivity contribution in [3.05, 3.63) is 11.6 Å². The monoisotopic (exact) mass is 545 g/mol. The molecule has 4 aliphatic carbocycles. The maximum atomic E-state index is 12.7. The van der Waals surface area contributed by atoms with Gasteiger partial charge in [-0.3, -0.25) is 4.79 Å². The van der Waals surface area contributed by atoms with Gasteiger partial charge in [-0.25, -0.2) is 9.59 Å². The molecule has 0 radical (unpaired) electrons. The van der Waals surface area contributed by atoms with Crippen LogP contribution in [-0.4, -0.2) is 76.8 Å². The first-order valence-corrected chi connectivity index (χ1v) is 14.8. The van der Waals surface area contributed by atoms with Crippen LogP contribution in [0.5, 0.6) is 0 Å². The van der Waals surface area contributed by atoms with Crippen LogP contribution >= 0.6 is 0 Å². The summed E-state index contributed by atoms with van der Waals surface area (Å²) in [6, 6.07) is 0. The molecule has 5 fully saturated rings. The number of rotatable bonds is 3. The quantitative estimate of drug-likeness (QED) is 0.409. The van der Waals surface area contributed by atoms with E-state index >= 15 is 0 Å². The molecule has 216 valence electrons. The molecule has 6 aliphatic rings. The molecule has 1 unspecified atom stereocenters. The second kappa shape index (κ2) is 9.47. The number of nitrogens with zero attached hydrogens (tertiary/aromatic N) is 1. The number of hydrogen-bond donors (Lipinski definition) is 2. The first-order valence-electron chi connectivity index (χ1n) is 14.8. The fraction of sp³-hybridized carbons (Fsp3) is 0.833. The van der Waals surface area contributed by atoms with Gasteiger partial charge in [0, 0.05) is 43.8 Å². The minimum Gasteiger partial charge on any atom is -0.462 e. The highest BCUT2D eigenvalue weighted by Crippen LogP contribution is 2.70. The minimum atomic E-state index is -1.01. The van der Waals surface area contributed by atoms with Gasteiger partial charge in [-0.15, -0.1) is 0 Å². The van der Waals surface area contributed by atoms with Gasteiger partial charge in [0.15, 0.2) is 0 Å². The van der Waals surface area contributed by atoms with Crippen LogP contribution in [0.15, 0.2) is 11.6 Å². The van der Waals surface area contributed by atoms with Crippen molar-refractivity contribution in [1.82, 2.24) is 4.90 Å². The number of carbonyl (C=O) groups is 3. The van der Waals surface area contributed by atoms with Gasteiger partial charge in [0.05, 0.1) is 11.7 Å². The fourth-order valence-electron chi connectivity index (χ4n) is 9.97. The van der Waals surface area contributed by atoms with E-state index in [1.165, 1.54) is 13.0 Å². The second-order valence-corrected chi connectivity index (χ2v) is 13.7. The Kier molecular flexibility index (Phi) is 6.57. The van der Waals surface area contributed by atoms with Gasteiger partial charge in [-0.1, -0.05) is 13.8 Å². The lowest BCUT2D eigenvalue weighted by Crippen LogP contribution is -2.62. The number of cyclic esters (lactones) is 1. The molecule has 0 aromatic heterocycles. The second-order valence-electron chi connectivity index (χ2n) is 13.7. The largest absolute Gasteiger partial charge is 0.462 e. The molecule has 6 rings (SSSR count). The molecule has 0 bridgehead atoms. The number of β-amino-alcohol motifs (C(OH)–C–C–N with tert-alkyl or cyclic N) is 1. The zero-order chi connectivity index (χ0) is 27.7. The molecule has 1 saturated heterocycles. The Labute approximate surface area is 230 Å². The van der Waals surface area contributed by atoms with E-state index in [1.54, 1.807) is 4.90 Å². The molecule has 1 amide bonds. The lowest BCUT2D eigenvalue weighted by atomic mass is 9.43. The third-order valence-electron chi connectivity index (χ3n) is 11.9. The molecular formula is C30H43NO8. The van der Waals surface area contributed by atoms with E-state index in [1.807, 2.05) is 0 Å². The summed E-state index contributed by atoms with van der Waals surface area (Å²) in [6.07, 6.45) is 7.32. The molecule has 9 heteroatoms. The molecule has 10 atom stereocenters. The molecule has 4 saturated carbocycles. The number of amides is 1.